The molecule has 0 amide bonds. The molecule has 0 aromatic rings. The molecule has 0 heterocycles. The van der Waals surface area contributed by atoms with Gasteiger partial charge in [-0.1, -0.05) is 13.1 Å². The lowest BCUT2D eigenvalue weighted by Gasteiger charge is -2.29. The van der Waals surface area contributed by atoms with Crippen LogP contribution in [0.5, 0.6) is 0 Å². The van der Waals surface area contributed by atoms with E-state index in [1.165, 1.54) is 27.4 Å². The van der Waals surface area contributed by atoms with Crippen LogP contribution in [0, 0.1) is 0 Å². The molecule has 1 atom stereocenters. The Bertz CT molecular complexity index is 246. The summed E-state index contributed by atoms with van der Waals surface area (Å²) >= 11 is 0. The summed E-state index contributed by atoms with van der Waals surface area (Å²) in [7, 11) is 0.409. The molecule has 0 aliphatic rings. The zero-order chi connectivity index (χ0) is 13.3. The van der Waals surface area contributed by atoms with Gasteiger partial charge in [-0.2, -0.15) is 0 Å². The number of isocyanates is 1. The number of nitrogens with zero attached hydrogens (tertiary/aromatic N) is 1. The van der Waals surface area contributed by atoms with Gasteiger partial charge in [0.05, 0.1) is 15.3 Å². The predicted octanol–water partition coefficient (Wildman–Crippen LogP) is 0.498. The van der Waals surface area contributed by atoms with Crippen LogP contribution in [0.15, 0.2) is 4.99 Å². The first-order valence-electron chi connectivity index (χ1n) is 5.42. The molecule has 0 N–H and O–H groups in total. The fourth-order valence-electron chi connectivity index (χ4n) is 1.35. The van der Waals surface area contributed by atoms with Gasteiger partial charge in [-0.25, -0.2) is 9.79 Å². The van der Waals surface area contributed by atoms with E-state index in [4.69, 9.17) is 17.7 Å². The minimum atomic E-state index is -3.01. The van der Waals surface area contributed by atoms with E-state index in [-0.39, 0.29) is 5.73 Å². The van der Waals surface area contributed by atoms with Gasteiger partial charge in [-0.15, -0.1) is 0 Å². The molecule has 0 radical (unpaired) electrons. The van der Waals surface area contributed by atoms with Crippen molar-refractivity contribution in [2.75, 3.05) is 27.9 Å². The van der Waals surface area contributed by atoms with E-state index in [0.717, 1.165) is 0 Å². The molecule has 0 saturated carbocycles. The van der Waals surface area contributed by atoms with Crippen LogP contribution in [-0.2, 0) is 22.5 Å². The largest absolute Gasteiger partial charge is 0.678 e. The van der Waals surface area contributed by atoms with Gasteiger partial charge < -0.3 is 17.7 Å². The van der Waals surface area contributed by atoms with Crippen LogP contribution in [0.2, 0.25) is 13.1 Å². The molecule has 8 heteroatoms. The van der Waals surface area contributed by atoms with E-state index in [1.807, 2.05) is 0 Å². The summed E-state index contributed by atoms with van der Waals surface area (Å²) in [5, 5.41) is 0. The number of aliphatic imine (C=N–C) groups is 1. The molecule has 0 saturated heterocycles. The van der Waals surface area contributed by atoms with Crippen LogP contribution in [-0.4, -0.2) is 57.5 Å². The minimum Gasteiger partial charge on any atom is -0.355 e. The Morgan fingerprint density at radius 3 is 2.12 bits per heavy atom. The smallest absolute Gasteiger partial charge is 0.355 e. The number of rotatable bonds is 9. The third-order valence-electron chi connectivity index (χ3n) is 2.38. The van der Waals surface area contributed by atoms with Gasteiger partial charge in [0.1, 0.15) is 0 Å². The summed E-state index contributed by atoms with van der Waals surface area (Å²) in [6, 6.07) is 0. The quantitative estimate of drug-likeness (QED) is 0.349. The van der Waals surface area contributed by atoms with Crippen LogP contribution in [0.25, 0.3) is 0 Å². The third kappa shape index (κ3) is 5.69. The highest BCUT2D eigenvalue weighted by molar-refractivity contribution is 6.60. The Labute approximate surface area is 105 Å². The second-order valence-corrected chi connectivity index (χ2v) is 9.47. The lowest BCUT2D eigenvalue weighted by atomic mass is 10.5. The SMILES string of the molecule is CO[Si](OC)(OC)OC(CCN=C=O)[SiH](C)C. The van der Waals surface area contributed by atoms with Gasteiger partial charge in [0.15, 0.2) is 0 Å². The van der Waals surface area contributed by atoms with Crippen molar-refractivity contribution in [2.45, 2.75) is 25.2 Å². The van der Waals surface area contributed by atoms with E-state index in [2.05, 4.69) is 18.1 Å². The molecule has 0 rings (SSSR count). The molecule has 0 aromatic heterocycles. The van der Waals surface area contributed by atoms with Crippen molar-refractivity contribution in [3.8, 4) is 0 Å². The van der Waals surface area contributed by atoms with Crippen LogP contribution in [0.1, 0.15) is 6.42 Å². The maximum atomic E-state index is 10.0. The van der Waals surface area contributed by atoms with Crippen LogP contribution >= 0.6 is 0 Å². The van der Waals surface area contributed by atoms with Gasteiger partial charge in [0.25, 0.3) is 0 Å². The summed E-state index contributed by atoms with van der Waals surface area (Å²) in [6.45, 7) is 4.70. The zero-order valence-corrected chi connectivity index (χ0v) is 13.2. The maximum Gasteiger partial charge on any atom is 0.678 e. The first-order valence-corrected chi connectivity index (χ1v) is 10.0. The Hall–Kier alpha value is -0.346. The molecule has 0 fully saturated rings. The van der Waals surface area contributed by atoms with Gasteiger partial charge in [0.2, 0.25) is 6.08 Å². The predicted molar refractivity (Wildman–Crippen MR) is 68.1 cm³/mol. The van der Waals surface area contributed by atoms with Gasteiger partial charge in [-0.05, 0) is 6.42 Å². The summed E-state index contributed by atoms with van der Waals surface area (Å²) in [5.41, 5.74) is -0.00128. The van der Waals surface area contributed by atoms with Crippen molar-refractivity contribution < 1.29 is 22.5 Å². The van der Waals surface area contributed by atoms with E-state index >= 15 is 0 Å². The lowest BCUT2D eigenvalue weighted by Crippen LogP contribution is -2.51. The molecular weight excluding hydrogens is 258 g/mol. The first-order chi connectivity index (χ1) is 8.05. The highest BCUT2D eigenvalue weighted by Gasteiger charge is 2.45. The molecule has 100 valence electrons. The standard InChI is InChI=1S/C9H21NO5Si2/c1-12-17(13-2,14-3)15-9(16(4)5)6-7-10-8-11/h9,16H,6-7H2,1-5H3. The van der Waals surface area contributed by atoms with E-state index in [9.17, 15) is 4.79 Å². The van der Waals surface area contributed by atoms with Crippen LogP contribution in [0.3, 0.4) is 0 Å². The molecule has 0 aromatic carbocycles. The normalized spacial score (nSPS) is 13.5. The van der Waals surface area contributed by atoms with Gasteiger partial charge >= 0.3 is 9.05 Å². The molecule has 0 aliphatic carbocycles. The summed E-state index contributed by atoms with van der Waals surface area (Å²) in [4.78, 5) is 13.6. The molecule has 0 aliphatic heterocycles. The van der Waals surface area contributed by atoms with Crippen molar-refractivity contribution in [1.82, 2.24) is 0 Å². The molecule has 0 bridgehead atoms. The average Bonchev–Trinajstić information content (AvgIpc) is 2.34. The zero-order valence-electron chi connectivity index (χ0n) is 11.1. The second kappa shape index (κ2) is 8.70. The van der Waals surface area contributed by atoms with Crippen molar-refractivity contribution >= 4 is 23.9 Å². The molecule has 6 nitrogen and oxygen atoms in total. The Balaban J connectivity index is 4.54. The molecular formula is C9H21NO5Si2. The number of carbonyl (C=O) groups excluding carboxylic acids is 1. The average molecular weight is 279 g/mol. The highest BCUT2D eigenvalue weighted by Crippen LogP contribution is 2.15. The topological polar surface area (TPSA) is 66.3 Å². The van der Waals surface area contributed by atoms with E-state index < -0.39 is 17.8 Å². The second-order valence-electron chi connectivity index (χ2n) is 3.77. The van der Waals surface area contributed by atoms with E-state index in [0.29, 0.717) is 13.0 Å². The summed E-state index contributed by atoms with van der Waals surface area (Å²) < 4.78 is 21.5. The first kappa shape index (κ1) is 16.7. The monoisotopic (exact) mass is 279 g/mol. The third-order valence-corrected chi connectivity index (χ3v) is 6.70. The number of hydrogen-bond acceptors (Lipinski definition) is 6. The minimum absolute atomic E-state index is 0.00128. The number of hydrogen-bond donors (Lipinski definition) is 0. The van der Waals surface area contributed by atoms with Gasteiger partial charge in [0, 0.05) is 27.1 Å². The summed E-state index contributed by atoms with van der Waals surface area (Å²) in [6.07, 6.45) is 2.18. The Kier molecular flexibility index (Phi) is 8.52. The van der Waals surface area contributed by atoms with Crippen LogP contribution in [0.4, 0.5) is 0 Å². The summed E-state index contributed by atoms with van der Waals surface area (Å²) in [5.74, 6) is 0. The highest BCUT2D eigenvalue weighted by atomic mass is 28.4. The maximum absolute atomic E-state index is 10.0. The van der Waals surface area contributed by atoms with Crippen LogP contribution < -0.4 is 0 Å². The Morgan fingerprint density at radius 2 is 1.76 bits per heavy atom. The molecule has 17 heavy (non-hydrogen) atoms. The van der Waals surface area contributed by atoms with E-state index in [1.54, 1.807) is 0 Å². The lowest BCUT2D eigenvalue weighted by molar-refractivity contribution is -0.00554. The molecule has 1 unspecified atom stereocenters. The fraction of sp³-hybridized carbons (Fsp3) is 0.889. The van der Waals surface area contributed by atoms with Crippen molar-refractivity contribution in [3.05, 3.63) is 0 Å². The van der Waals surface area contributed by atoms with Gasteiger partial charge in [-0.3, -0.25) is 0 Å². The van der Waals surface area contributed by atoms with Crippen molar-refractivity contribution in [2.24, 2.45) is 4.99 Å². The van der Waals surface area contributed by atoms with Crippen molar-refractivity contribution in [1.29, 1.82) is 0 Å². The fourth-order valence-corrected chi connectivity index (χ4v) is 5.03. The molecule has 0 spiro atoms. The van der Waals surface area contributed by atoms with Crippen molar-refractivity contribution in [3.63, 3.8) is 0 Å². The Morgan fingerprint density at radius 1 is 1.24 bits per heavy atom.